The number of anilines is 1. The van der Waals surface area contributed by atoms with Crippen molar-refractivity contribution >= 4 is 5.69 Å². The Kier molecular flexibility index (Phi) is 3.43. The van der Waals surface area contributed by atoms with E-state index in [-0.39, 0.29) is 0 Å². The van der Waals surface area contributed by atoms with Crippen LogP contribution in [-0.2, 0) is 0 Å². The molecule has 0 aliphatic carbocycles. The van der Waals surface area contributed by atoms with Crippen LogP contribution in [0, 0.1) is 27.7 Å². The summed E-state index contributed by atoms with van der Waals surface area (Å²) in [5.41, 5.74) is 13.9. The molecule has 15 heavy (non-hydrogen) atoms. The van der Waals surface area contributed by atoms with Gasteiger partial charge >= 0.3 is 0 Å². The SMILES string of the molecule is CCC(C)c1c(C)c(C)c(C)c(N)c1C. The minimum absolute atomic E-state index is 0.603. The zero-order valence-corrected chi connectivity index (χ0v) is 10.9. The Labute approximate surface area is 93.7 Å². The van der Waals surface area contributed by atoms with Gasteiger partial charge in [-0.2, -0.15) is 0 Å². The van der Waals surface area contributed by atoms with Crippen LogP contribution in [0.2, 0.25) is 0 Å². The Balaban J connectivity index is 3.52. The Hall–Kier alpha value is -0.980. The fourth-order valence-corrected chi connectivity index (χ4v) is 2.34. The average Bonchev–Trinajstić information content (AvgIpc) is 2.23. The molecular formula is C14H23N. The van der Waals surface area contributed by atoms with Crippen LogP contribution in [0.4, 0.5) is 5.69 Å². The van der Waals surface area contributed by atoms with E-state index in [0.717, 1.165) is 5.69 Å². The van der Waals surface area contributed by atoms with E-state index in [1.165, 1.54) is 34.2 Å². The molecule has 0 bridgehead atoms. The topological polar surface area (TPSA) is 26.0 Å². The third-order valence-corrected chi connectivity index (χ3v) is 3.85. The second-order valence-corrected chi connectivity index (χ2v) is 4.64. The fraction of sp³-hybridized carbons (Fsp3) is 0.571. The first-order valence-electron chi connectivity index (χ1n) is 5.77. The van der Waals surface area contributed by atoms with Crippen molar-refractivity contribution in [1.82, 2.24) is 0 Å². The standard InChI is InChI=1S/C14H23N/c1-7-8(2)13-10(4)9(3)11(5)14(15)12(13)6/h8H,7,15H2,1-6H3. The zero-order valence-electron chi connectivity index (χ0n) is 10.9. The van der Waals surface area contributed by atoms with Gasteiger partial charge in [-0.25, -0.2) is 0 Å². The van der Waals surface area contributed by atoms with Crippen LogP contribution in [-0.4, -0.2) is 0 Å². The van der Waals surface area contributed by atoms with Crippen LogP contribution in [0.5, 0.6) is 0 Å². The van der Waals surface area contributed by atoms with Gasteiger partial charge in [0, 0.05) is 5.69 Å². The fourth-order valence-electron chi connectivity index (χ4n) is 2.34. The van der Waals surface area contributed by atoms with E-state index in [1.54, 1.807) is 0 Å². The molecule has 0 amide bonds. The lowest BCUT2D eigenvalue weighted by Crippen LogP contribution is -2.07. The quantitative estimate of drug-likeness (QED) is 0.725. The molecule has 0 spiro atoms. The monoisotopic (exact) mass is 205 g/mol. The molecule has 0 aromatic heterocycles. The first-order valence-corrected chi connectivity index (χ1v) is 5.77. The number of hydrogen-bond donors (Lipinski definition) is 1. The minimum Gasteiger partial charge on any atom is -0.398 e. The second-order valence-electron chi connectivity index (χ2n) is 4.64. The lowest BCUT2D eigenvalue weighted by atomic mass is 9.85. The average molecular weight is 205 g/mol. The first-order chi connectivity index (χ1) is 6.91. The van der Waals surface area contributed by atoms with Gasteiger partial charge in [0.05, 0.1) is 0 Å². The molecule has 0 saturated heterocycles. The smallest absolute Gasteiger partial charge is 0.0379 e. The molecule has 0 heterocycles. The predicted molar refractivity (Wildman–Crippen MR) is 68.5 cm³/mol. The van der Waals surface area contributed by atoms with E-state index in [1.807, 2.05) is 0 Å². The highest BCUT2D eigenvalue weighted by Crippen LogP contribution is 2.34. The van der Waals surface area contributed by atoms with E-state index in [9.17, 15) is 0 Å². The molecule has 0 fully saturated rings. The first kappa shape index (κ1) is 12.1. The molecule has 1 aromatic rings. The maximum absolute atomic E-state index is 6.14. The molecule has 1 aromatic carbocycles. The number of nitrogens with two attached hydrogens (primary N) is 1. The molecular weight excluding hydrogens is 182 g/mol. The van der Waals surface area contributed by atoms with Crippen molar-refractivity contribution in [1.29, 1.82) is 0 Å². The van der Waals surface area contributed by atoms with Gasteiger partial charge in [-0.3, -0.25) is 0 Å². The van der Waals surface area contributed by atoms with Crippen molar-refractivity contribution in [2.75, 3.05) is 5.73 Å². The molecule has 0 aliphatic heterocycles. The highest BCUT2D eigenvalue weighted by molar-refractivity contribution is 5.62. The Morgan fingerprint density at radius 3 is 1.93 bits per heavy atom. The lowest BCUT2D eigenvalue weighted by molar-refractivity contribution is 0.721. The summed E-state index contributed by atoms with van der Waals surface area (Å²) in [5, 5.41) is 0. The summed E-state index contributed by atoms with van der Waals surface area (Å²) in [6.07, 6.45) is 1.17. The Morgan fingerprint density at radius 2 is 1.47 bits per heavy atom. The Morgan fingerprint density at radius 1 is 0.933 bits per heavy atom. The maximum Gasteiger partial charge on any atom is 0.0379 e. The molecule has 1 rings (SSSR count). The van der Waals surface area contributed by atoms with Crippen LogP contribution in [0.25, 0.3) is 0 Å². The molecule has 2 N–H and O–H groups in total. The van der Waals surface area contributed by atoms with Gasteiger partial charge in [0.15, 0.2) is 0 Å². The number of hydrogen-bond acceptors (Lipinski definition) is 1. The number of rotatable bonds is 2. The lowest BCUT2D eigenvalue weighted by Gasteiger charge is -2.22. The van der Waals surface area contributed by atoms with Crippen molar-refractivity contribution in [2.24, 2.45) is 0 Å². The Bertz CT molecular complexity index is 348. The molecule has 1 unspecified atom stereocenters. The molecule has 84 valence electrons. The van der Waals surface area contributed by atoms with E-state index in [2.05, 4.69) is 41.5 Å². The minimum atomic E-state index is 0.603. The van der Waals surface area contributed by atoms with Crippen molar-refractivity contribution in [3.8, 4) is 0 Å². The van der Waals surface area contributed by atoms with E-state index in [4.69, 9.17) is 5.73 Å². The summed E-state index contributed by atoms with van der Waals surface area (Å²) in [7, 11) is 0. The maximum atomic E-state index is 6.14. The normalized spacial score (nSPS) is 12.9. The summed E-state index contributed by atoms with van der Waals surface area (Å²) >= 11 is 0. The molecule has 0 radical (unpaired) electrons. The summed E-state index contributed by atoms with van der Waals surface area (Å²) in [6, 6.07) is 0. The van der Waals surface area contributed by atoms with E-state index in [0.29, 0.717) is 5.92 Å². The van der Waals surface area contributed by atoms with Crippen molar-refractivity contribution < 1.29 is 0 Å². The summed E-state index contributed by atoms with van der Waals surface area (Å²) in [6.45, 7) is 13.2. The summed E-state index contributed by atoms with van der Waals surface area (Å²) in [4.78, 5) is 0. The third-order valence-electron chi connectivity index (χ3n) is 3.85. The van der Waals surface area contributed by atoms with Crippen molar-refractivity contribution in [3.05, 3.63) is 27.8 Å². The number of nitrogen functional groups attached to an aromatic ring is 1. The van der Waals surface area contributed by atoms with Crippen molar-refractivity contribution in [2.45, 2.75) is 53.9 Å². The molecule has 1 atom stereocenters. The van der Waals surface area contributed by atoms with Gasteiger partial charge in [0.25, 0.3) is 0 Å². The van der Waals surface area contributed by atoms with Crippen molar-refractivity contribution in [3.63, 3.8) is 0 Å². The second kappa shape index (κ2) is 4.26. The highest BCUT2D eigenvalue weighted by atomic mass is 14.6. The van der Waals surface area contributed by atoms with Gasteiger partial charge in [0.1, 0.15) is 0 Å². The van der Waals surface area contributed by atoms with Crippen LogP contribution in [0.1, 0.15) is 54.0 Å². The van der Waals surface area contributed by atoms with E-state index < -0.39 is 0 Å². The summed E-state index contributed by atoms with van der Waals surface area (Å²) in [5.74, 6) is 0.603. The largest absolute Gasteiger partial charge is 0.398 e. The zero-order chi connectivity index (χ0) is 11.7. The van der Waals surface area contributed by atoms with Gasteiger partial charge in [0.2, 0.25) is 0 Å². The van der Waals surface area contributed by atoms with Gasteiger partial charge in [-0.15, -0.1) is 0 Å². The highest BCUT2D eigenvalue weighted by Gasteiger charge is 2.16. The van der Waals surface area contributed by atoms with Crippen LogP contribution in [0.15, 0.2) is 0 Å². The third kappa shape index (κ3) is 1.88. The molecule has 1 nitrogen and oxygen atoms in total. The van der Waals surface area contributed by atoms with E-state index >= 15 is 0 Å². The molecule has 1 heteroatoms. The van der Waals surface area contributed by atoms with Crippen LogP contribution >= 0.6 is 0 Å². The van der Waals surface area contributed by atoms with Gasteiger partial charge in [-0.1, -0.05) is 13.8 Å². The van der Waals surface area contributed by atoms with Gasteiger partial charge in [-0.05, 0) is 67.9 Å². The number of benzene rings is 1. The van der Waals surface area contributed by atoms with Gasteiger partial charge < -0.3 is 5.73 Å². The van der Waals surface area contributed by atoms with Crippen LogP contribution in [0.3, 0.4) is 0 Å². The predicted octanol–water partition coefficient (Wildman–Crippen LogP) is 4.02. The molecule has 0 aliphatic rings. The van der Waals surface area contributed by atoms with Crippen LogP contribution < -0.4 is 5.73 Å². The summed E-state index contributed by atoms with van der Waals surface area (Å²) < 4.78 is 0. The molecule has 0 saturated carbocycles.